The van der Waals surface area contributed by atoms with Crippen LogP contribution in [-0.4, -0.2) is 51.8 Å². The van der Waals surface area contributed by atoms with Gasteiger partial charge in [-0.05, 0) is 0 Å². The molecule has 1 aliphatic rings. The van der Waals surface area contributed by atoms with E-state index in [9.17, 15) is 5.11 Å². The second-order valence-corrected chi connectivity index (χ2v) is 3.75. The highest BCUT2D eigenvalue weighted by molar-refractivity contribution is 4.85. The molecule has 0 spiro atoms. The number of aliphatic hydroxyl groups excluding tert-OH is 1. The maximum absolute atomic E-state index is 9.47. The van der Waals surface area contributed by atoms with Gasteiger partial charge < -0.3 is 15.2 Å². The Kier molecular flexibility index (Phi) is 3.30. The highest BCUT2D eigenvalue weighted by atomic mass is 16.5. The zero-order valence-electron chi connectivity index (χ0n) is 8.76. The van der Waals surface area contributed by atoms with Crippen LogP contribution in [0, 0.1) is 0 Å². The first-order valence-electron chi connectivity index (χ1n) is 5.09. The van der Waals surface area contributed by atoms with Gasteiger partial charge in [-0.2, -0.15) is 5.10 Å². The van der Waals surface area contributed by atoms with Crippen LogP contribution in [0.2, 0.25) is 0 Å². The SMILES string of the molecule is Cn1cnc(CCNC2COCC2O)n1. The van der Waals surface area contributed by atoms with Crippen molar-refractivity contribution in [2.24, 2.45) is 7.05 Å². The predicted molar refractivity (Wildman–Crippen MR) is 53.3 cm³/mol. The largest absolute Gasteiger partial charge is 0.389 e. The topological polar surface area (TPSA) is 72.2 Å². The second-order valence-electron chi connectivity index (χ2n) is 3.75. The quantitative estimate of drug-likeness (QED) is 0.649. The van der Waals surface area contributed by atoms with Gasteiger partial charge in [-0.15, -0.1) is 0 Å². The Bertz CT molecular complexity index is 315. The van der Waals surface area contributed by atoms with Crippen molar-refractivity contribution in [2.45, 2.75) is 18.6 Å². The summed E-state index contributed by atoms with van der Waals surface area (Å²) in [4.78, 5) is 4.12. The molecule has 2 rings (SSSR count). The first kappa shape index (κ1) is 10.5. The minimum absolute atomic E-state index is 0.0497. The van der Waals surface area contributed by atoms with E-state index in [-0.39, 0.29) is 12.1 Å². The summed E-state index contributed by atoms with van der Waals surface area (Å²) in [6.45, 7) is 1.77. The first-order chi connectivity index (χ1) is 7.25. The number of nitrogens with zero attached hydrogens (tertiary/aromatic N) is 3. The molecule has 0 aromatic carbocycles. The third-order valence-electron chi connectivity index (χ3n) is 2.45. The molecule has 1 aliphatic heterocycles. The number of aliphatic hydroxyl groups is 1. The minimum Gasteiger partial charge on any atom is -0.389 e. The molecule has 0 radical (unpaired) electrons. The van der Waals surface area contributed by atoms with E-state index < -0.39 is 0 Å². The summed E-state index contributed by atoms with van der Waals surface area (Å²) in [5, 5.41) is 16.9. The highest BCUT2D eigenvalue weighted by Gasteiger charge is 2.25. The third kappa shape index (κ3) is 2.74. The van der Waals surface area contributed by atoms with Gasteiger partial charge in [-0.1, -0.05) is 0 Å². The van der Waals surface area contributed by atoms with Crippen molar-refractivity contribution < 1.29 is 9.84 Å². The summed E-state index contributed by atoms with van der Waals surface area (Å²) < 4.78 is 6.81. The fourth-order valence-corrected chi connectivity index (χ4v) is 1.61. The predicted octanol–water partition coefficient (Wildman–Crippen LogP) is -1.29. The van der Waals surface area contributed by atoms with Crippen LogP contribution < -0.4 is 5.32 Å². The normalized spacial score (nSPS) is 26.0. The lowest BCUT2D eigenvalue weighted by Gasteiger charge is -2.13. The van der Waals surface area contributed by atoms with E-state index in [0.29, 0.717) is 13.2 Å². The van der Waals surface area contributed by atoms with Gasteiger partial charge in [-0.25, -0.2) is 4.98 Å². The lowest BCUT2D eigenvalue weighted by molar-refractivity contribution is 0.122. The molecule has 6 heteroatoms. The van der Waals surface area contributed by atoms with Crippen molar-refractivity contribution in [3.05, 3.63) is 12.2 Å². The molecular formula is C9H16N4O2. The van der Waals surface area contributed by atoms with Crippen molar-refractivity contribution in [1.29, 1.82) is 0 Å². The lowest BCUT2D eigenvalue weighted by atomic mass is 10.2. The smallest absolute Gasteiger partial charge is 0.151 e. The highest BCUT2D eigenvalue weighted by Crippen LogP contribution is 2.04. The van der Waals surface area contributed by atoms with Crippen LogP contribution in [0.4, 0.5) is 0 Å². The van der Waals surface area contributed by atoms with Gasteiger partial charge in [0.1, 0.15) is 6.33 Å². The van der Waals surface area contributed by atoms with Crippen molar-refractivity contribution in [2.75, 3.05) is 19.8 Å². The summed E-state index contributed by atoms with van der Waals surface area (Å²) in [7, 11) is 1.85. The Morgan fingerprint density at radius 2 is 2.53 bits per heavy atom. The molecule has 6 nitrogen and oxygen atoms in total. The zero-order valence-corrected chi connectivity index (χ0v) is 8.76. The molecule has 15 heavy (non-hydrogen) atoms. The van der Waals surface area contributed by atoms with E-state index in [0.717, 1.165) is 18.8 Å². The minimum atomic E-state index is -0.387. The van der Waals surface area contributed by atoms with Crippen molar-refractivity contribution >= 4 is 0 Å². The van der Waals surface area contributed by atoms with Gasteiger partial charge in [0.15, 0.2) is 5.82 Å². The number of nitrogens with one attached hydrogen (secondary N) is 1. The van der Waals surface area contributed by atoms with Gasteiger partial charge in [0.2, 0.25) is 0 Å². The zero-order chi connectivity index (χ0) is 10.7. The molecule has 0 saturated carbocycles. The Morgan fingerprint density at radius 3 is 3.13 bits per heavy atom. The van der Waals surface area contributed by atoms with Crippen LogP contribution in [0.15, 0.2) is 6.33 Å². The van der Waals surface area contributed by atoms with E-state index >= 15 is 0 Å². The van der Waals surface area contributed by atoms with E-state index in [1.807, 2.05) is 7.05 Å². The molecule has 1 fully saturated rings. The molecule has 2 heterocycles. The molecule has 2 unspecified atom stereocenters. The van der Waals surface area contributed by atoms with Crippen LogP contribution in [0.5, 0.6) is 0 Å². The number of hydrogen-bond donors (Lipinski definition) is 2. The Labute approximate surface area is 88.3 Å². The molecule has 0 bridgehead atoms. The average molecular weight is 212 g/mol. The van der Waals surface area contributed by atoms with Gasteiger partial charge in [0.25, 0.3) is 0 Å². The van der Waals surface area contributed by atoms with Crippen LogP contribution in [0.25, 0.3) is 0 Å². The van der Waals surface area contributed by atoms with E-state index in [1.165, 1.54) is 0 Å². The maximum atomic E-state index is 9.47. The Morgan fingerprint density at radius 1 is 1.67 bits per heavy atom. The van der Waals surface area contributed by atoms with Crippen LogP contribution in [0.3, 0.4) is 0 Å². The van der Waals surface area contributed by atoms with Crippen molar-refractivity contribution in [1.82, 2.24) is 20.1 Å². The standard InChI is InChI=1S/C9H16N4O2/c1-13-6-11-9(12-13)2-3-10-7-4-15-5-8(7)14/h6-8,10,14H,2-5H2,1H3. The van der Waals surface area contributed by atoms with E-state index in [4.69, 9.17) is 4.74 Å². The molecule has 84 valence electrons. The Balaban J connectivity index is 1.70. The molecule has 1 aromatic heterocycles. The summed E-state index contributed by atoms with van der Waals surface area (Å²) in [6, 6.07) is 0.0497. The third-order valence-corrected chi connectivity index (χ3v) is 2.45. The van der Waals surface area contributed by atoms with E-state index in [2.05, 4.69) is 15.4 Å². The summed E-state index contributed by atoms with van der Waals surface area (Å²) in [5.74, 6) is 0.818. The van der Waals surface area contributed by atoms with Crippen molar-refractivity contribution in [3.63, 3.8) is 0 Å². The van der Waals surface area contributed by atoms with Crippen LogP contribution >= 0.6 is 0 Å². The number of ether oxygens (including phenoxy) is 1. The van der Waals surface area contributed by atoms with Crippen molar-refractivity contribution in [3.8, 4) is 0 Å². The van der Waals surface area contributed by atoms with Crippen LogP contribution in [0.1, 0.15) is 5.82 Å². The molecule has 1 saturated heterocycles. The maximum Gasteiger partial charge on any atom is 0.151 e. The Hall–Kier alpha value is -0.980. The second kappa shape index (κ2) is 4.69. The van der Waals surface area contributed by atoms with Gasteiger partial charge >= 0.3 is 0 Å². The van der Waals surface area contributed by atoms with Crippen LogP contribution in [-0.2, 0) is 18.2 Å². The molecule has 0 amide bonds. The fraction of sp³-hybridized carbons (Fsp3) is 0.778. The first-order valence-corrected chi connectivity index (χ1v) is 5.09. The number of hydrogen-bond acceptors (Lipinski definition) is 5. The molecule has 1 aromatic rings. The number of aryl methyl sites for hydroxylation is 1. The molecular weight excluding hydrogens is 196 g/mol. The average Bonchev–Trinajstić information content (AvgIpc) is 2.77. The van der Waals surface area contributed by atoms with E-state index in [1.54, 1.807) is 11.0 Å². The summed E-state index contributed by atoms with van der Waals surface area (Å²) >= 11 is 0. The molecule has 2 N–H and O–H groups in total. The summed E-state index contributed by atoms with van der Waals surface area (Å²) in [6.07, 6.45) is 2.06. The lowest BCUT2D eigenvalue weighted by Crippen LogP contribution is -2.39. The summed E-state index contributed by atoms with van der Waals surface area (Å²) in [5.41, 5.74) is 0. The fourth-order valence-electron chi connectivity index (χ4n) is 1.61. The monoisotopic (exact) mass is 212 g/mol. The van der Waals surface area contributed by atoms with Gasteiger partial charge in [0, 0.05) is 20.0 Å². The molecule has 0 aliphatic carbocycles. The number of aromatic nitrogens is 3. The van der Waals surface area contributed by atoms with Gasteiger partial charge in [-0.3, -0.25) is 4.68 Å². The molecule has 2 atom stereocenters. The number of rotatable bonds is 4. The van der Waals surface area contributed by atoms with Gasteiger partial charge in [0.05, 0.1) is 25.4 Å².